The minimum absolute atomic E-state index is 0.0544. The van der Waals surface area contributed by atoms with E-state index >= 15 is 4.39 Å². The highest BCUT2D eigenvalue weighted by Gasteiger charge is 2.31. The minimum atomic E-state index is -0.502. The highest BCUT2D eigenvalue weighted by Crippen LogP contribution is 2.31. The maximum absolute atomic E-state index is 15.1. The van der Waals surface area contributed by atoms with E-state index in [2.05, 4.69) is 19.2 Å². The number of benzene rings is 1. The molecule has 2 saturated heterocycles. The van der Waals surface area contributed by atoms with Crippen LogP contribution in [0.1, 0.15) is 78.8 Å². The van der Waals surface area contributed by atoms with Crippen LogP contribution >= 0.6 is 11.3 Å². The maximum Gasteiger partial charge on any atom is 0.263 e. The van der Waals surface area contributed by atoms with Crippen molar-refractivity contribution in [3.63, 3.8) is 0 Å². The molecule has 0 spiro atoms. The molecule has 4 rings (SSSR count). The van der Waals surface area contributed by atoms with Crippen LogP contribution in [0.3, 0.4) is 0 Å². The Hall–Kier alpha value is -2.25. The van der Waals surface area contributed by atoms with Gasteiger partial charge >= 0.3 is 0 Å². The van der Waals surface area contributed by atoms with Crippen LogP contribution in [-0.2, 0) is 0 Å². The second kappa shape index (κ2) is 11.5. The summed E-state index contributed by atoms with van der Waals surface area (Å²) in [4.78, 5) is 31.1. The van der Waals surface area contributed by atoms with Crippen molar-refractivity contribution in [2.75, 3.05) is 26.2 Å². The first-order valence-electron chi connectivity index (χ1n) is 12.7. The molecule has 0 saturated carbocycles. The summed E-state index contributed by atoms with van der Waals surface area (Å²) in [5.41, 5.74) is 0.823. The molecule has 5 nitrogen and oxygen atoms in total. The molecule has 0 bridgehead atoms. The van der Waals surface area contributed by atoms with E-state index in [0.29, 0.717) is 23.0 Å². The van der Waals surface area contributed by atoms with Crippen LogP contribution in [0.5, 0.6) is 0 Å². The van der Waals surface area contributed by atoms with Gasteiger partial charge < -0.3 is 15.1 Å². The zero-order chi connectivity index (χ0) is 24.1. The van der Waals surface area contributed by atoms with Gasteiger partial charge in [-0.2, -0.15) is 0 Å². The molecule has 2 unspecified atom stereocenters. The number of halogens is 1. The first kappa shape index (κ1) is 24.9. The molecule has 0 aliphatic carbocycles. The van der Waals surface area contributed by atoms with Crippen LogP contribution in [0.2, 0.25) is 0 Å². The molecule has 3 heterocycles. The molecule has 2 aliphatic rings. The van der Waals surface area contributed by atoms with Gasteiger partial charge in [-0.3, -0.25) is 9.59 Å². The van der Waals surface area contributed by atoms with Crippen LogP contribution in [-0.4, -0.2) is 59.9 Å². The Morgan fingerprint density at radius 1 is 1.12 bits per heavy atom. The third kappa shape index (κ3) is 5.69. The Morgan fingerprint density at radius 3 is 2.65 bits per heavy atom. The van der Waals surface area contributed by atoms with Gasteiger partial charge in [0, 0.05) is 43.1 Å². The number of thiophene rings is 1. The summed E-state index contributed by atoms with van der Waals surface area (Å²) in [7, 11) is 0. The third-order valence-corrected chi connectivity index (χ3v) is 8.15. The zero-order valence-electron chi connectivity index (χ0n) is 20.3. The smallest absolute Gasteiger partial charge is 0.263 e. The standard InChI is InChI=1S/C27H36FN3O2S/c1-3-4-8-19(2)29-18-21-9-7-16-31(21)26(32)22-11-10-20(17-23(22)28)24-12-13-25(34-24)27(33)30-14-5-6-15-30/h10-13,17,19,21,29H,3-9,14-16,18H2,1-2H3. The first-order chi connectivity index (χ1) is 16.5. The van der Waals surface area contributed by atoms with Gasteiger partial charge in [0.25, 0.3) is 11.8 Å². The van der Waals surface area contributed by atoms with Crippen molar-refractivity contribution >= 4 is 23.2 Å². The van der Waals surface area contributed by atoms with Gasteiger partial charge in [-0.1, -0.05) is 25.8 Å². The van der Waals surface area contributed by atoms with Crippen LogP contribution in [0.15, 0.2) is 30.3 Å². The van der Waals surface area contributed by atoms with E-state index < -0.39 is 5.82 Å². The third-order valence-electron chi connectivity index (χ3n) is 7.02. The van der Waals surface area contributed by atoms with Crippen molar-refractivity contribution < 1.29 is 14.0 Å². The molecule has 1 aromatic carbocycles. The Kier molecular flexibility index (Phi) is 8.37. The topological polar surface area (TPSA) is 52.7 Å². The van der Waals surface area contributed by atoms with Gasteiger partial charge in [0.05, 0.1) is 10.4 Å². The quantitative estimate of drug-likeness (QED) is 0.506. The summed E-state index contributed by atoms with van der Waals surface area (Å²) < 4.78 is 15.1. The predicted molar refractivity (Wildman–Crippen MR) is 136 cm³/mol. The average molecular weight is 486 g/mol. The molecule has 2 atom stereocenters. The molecule has 2 aromatic rings. The number of unbranched alkanes of at least 4 members (excludes halogenated alkanes) is 1. The number of nitrogens with zero attached hydrogens (tertiary/aromatic N) is 2. The first-order valence-corrected chi connectivity index (χ1v) is 13.5. The Bertz CT molecular complexity index is 1000. The largest absolute Gasteiger partial charge is 0.338 e. The number of carbonyl (C=O) groups excluding carboxylic acids is 2. The van der Waals surface area contributed by atoms with E-state index in [4.69, 9.17) is 0 Å². The van der Waals surface area contributed by atoms with Crippen molar-refractivity contribution in [2.24, 2.45) is 0 Å². The van der Waals surface area contributed by atoms with E-state index in [0.717, 1.165) is 56.6 Å². The lowest BCUT2D eigenvalue weighted by Gasteiger charge is -2.27. The molecule has 0 radical (unpaired) electrons. The van der Waals surface area contributed by atoms with Crippen LogP contribution in [0.25, 0.3) is 10.4 Å². The van der Waals surface area contributed by atoms with Crippen molar-refractivity contribution in [2.45, 2.75) is 70.9 Å². The Labute approximate surface area is 206 Å². The number of carbonyl (C=O) groups is 2. The average Bonchev–Trinajstić information content (AvgIpc) is 3.62. The molecule has 2 aliphatic heterocycles. The summed E-state index contributed by atoms with van der Waals surface area (Å²) in [6.45, 7) is 7.41. The van der Waals surface area contributed by atoms with E-state index in [1.54, 1.807) is 12.1 Å². The van der Waals surface area contributed by atoms with Crippen LogP contribution < -0.4 is 5.32 Å². The van der Waals surface area contributed by atoms with Crippen molar-refractivity contribution in [1.82, 2.24) is 15.1 Å². The molecule has 7 heteroatoms. The summed E-state index contributed by atoms with van der Waals surface area (Å²) in [6.07, 6.45) is 7.49. The van der Waals surface area contributed by atoms with Crippen molar-refractivity contribution in [3.05, 3.63) is 46.6 Å². The van der Waals surface area contributed by atoms with Gasteiger partial charge in [0.1, 0.15) is 5.82 Å². The lowest BCUT2D eigenvalue weighted by atomic mass is 10.1. The fourth-order valence-corrected chi connectivity index (χ4v) is 5.92. The number of amides is 2. The highest BCUT2D eigenvalue weighted by atomic mass is 32.1. The summed E-state index contributed by atoms with van der Waals surface area (Å²) >= 11 is 1.38. The molecular weight excluding hydrogens is 449 g/mol. The number of likely N-dealkylation sites (tertiary alicyclic amines) is 2. The second-order valence-electron chi connectivity index (χ2n) is 9.60. The van der Waals surface area contributed by atoms with E-state index in [9.17, 15) is 9.59 Å². The number of rotatable bonds is 9. The lowest BCUT2D eigenvalue weighted by Crippen LogP contribution is -2.44. The highest BCUT2D eigenvalue weighted by molar-refractivity contribution is 7.17. The van der Waals surface area contributed by atoms with Gasteiger partial charge in [-0.05, 0) is 68.9 Å². The SMILES string of the molecule is CCCCC(C)NCC1CCCN1C(=O)c1ccc(-c2ccc(C(=O)N3CCCC3)s2)cc1F. The maximum atomic E-state index is 15.1. The van der Waals surface area contributed by atoms with Gasteiger partial charge in [0.15, 0.2) is 0 Å². The minimum Gasteiger partial charge on any atom is -0.338 e. The molecule has 184 valence electrons. The molecule has 2 amide bonds. The fourth-order valence-electron chi connectivity index (χ4n) is 4.95. The monoisotopic (exact) mass is 485 g/mol. The second-order valence-corrected chi connectivity index (χ2v) is 10.7. The van der Waals surface area contributed by atoms with E-state index in [1.165, 1.54) is 30.2 Å². The predicted octanol–water partition coefficient (Wildman–Crippen LogP) is 5.56. The Morgan fingerprint density at radius 2 is 1.91 bits per heavy atom. The van der Waals surface area contributed by atoms with Crippen molar-refractivity contribution in [3.8, 4) is 10.4 Å². The number of hydrogen-bond acceptors (Lipinski definition) is 4. The molecule has 1 aromatic heterocycles. The number of nitrogens with one attached hydrogen (secondary N) is 1. The van der Waals surface area contributed by atoms with Gasteiger partial charge in [-0.25, -0.2) is 4.39 Å². The normalized spacial score (nSPS) is 19.1. The fraction of sp³-hybridized carbons (Fsp3) is 0.556. The Balaban J connectivity index is 1.41. The molecule has 1 N–H and O–H groups in total. The van der Waals surface area contributed by atoms with Gasteiger partial charge in [0.2, 0.25) is 0 Å². The lowest BCUT2D eigenvalue weighted by molar-refractivity contribution is 0.0728. The van der Waals surface area contributed by atoms with E-state index in [1.807, 2.05) is 21.9 Å². The zero-order valence-corrected chi connectivity index (χ0v) is 21.1. The van der Waals surface area contributed by atoms with Crippen LogP contribution in [0.4, 0.5) is 4.39 Å². The summed E-state index contributed by atoms with van der Waals surface area (Å²) in [6, 6.07) is 9.03. The molecule has 34 heavy (non-hydrogen) atoms. The van der Waals surface area contributed by atoms with Crippen LogP contribution in [0, 0.1) is 5.82 Å². The molecule has 2 fully saturated rings. The summed E-state index contributed by atoms with van der Waals surface area (Å²) in [5.74, 6) is -0.678. The molecular formula is C27H36FN3O2S. The van der Waals surface area contributed by atoms with Gasteiger partial charge in [-0.15, -0.1) is 11.3 Å². The van der Waals surface area contributed by atoms with E-state index in [-0.39, 0.29) is 23.4 Å². The van der Waals surface area contributed by atoms with Crippen molar-refractivity contribution in [1.29, 1.82) is 0 Å². The summed E-state index contributed by atoms with van der Waals surface area (Å²) in [5, 5.41) is 3.56. The number of hydrogen-bond donors (Lipinski definition) is 1.